The number of thioether (sulfide) groups is 1. The van der Waals surface area contributed by atoms with Gasteiger partial charge in [0.05, 0.1) is 12.0 Å². The van der Waals surface area contributed by atoms with Gasteiger partial charge < -0.3 is 4.74 Å². The summed E-state index contributed by atoms with van der Waals surface area (Å²) in [6.45, 7) is 1.97. The number of benzene rings is 3. The van der Waals surface area contributed by atoms with Gasteiger partial charge in [0, 0.05) is 27.9 Å². The molecule has 4 rings (SSSR count). The van der Waals surface area contributed by atoms with Gasteiger partial charge in [-0.1, -0.05) is 41.6 Å². The molecule has 0 radical (unpaired) electrons. The molecule has 1 heterocycles. The summed E-state index contributed by atoms with van der Waals surface area (Å²) in [4.78, 5) is 29.1. The maximum atomic E-state index is 13.3. The molecule has 1 aliphatic heterocycles. The van der Waals surface area contributed by atoms with Crippen molar-refractivity contribution in [1.29, 1.82) is 0 Å². The van der Waals surface area contributed by atoms with Gasteiger partial charge in [-0.2, -0.15) is 0 Å². The summed E-state index contributed by atoms with van der Waals surface area (Å²) in [7, 11) is 1.59. The van der Waals surface area contributed by atoms with Crippen molar-refractivity contribution in [3.05, 3.63) is 101 Å². The lowest BCUT2D eigenvalue weighted by Gasteiger charge is -2.20. The van der Waals surface area contributed by atoms with Crippen LogP contribution in [0.4, 0.5) is 5.69 Å². The van der Waals surface area contributed by atoms with Crippen LogP contribution in [0.3, 0.4) is 0 Å². The number of rotatable bonds is 4. The number of hydrogen-bond acceptors (Lipinski definition) is 4. The number of Topliss-reactive ketones (excluding diaryl/α,β-unsaturated/α-hetero) is 1. The quantitative estimate of drug-likeness (QED) is 0.543. The molecule has 1 aliphatic rings. The molecular formula is C24H19NO3S. The van der Waals surface area contributed by atoms with Crippen LogP contribution in [-0.2, 0) is 0 Å². The molecule has 0 unspecified atom stereocenters. The summed E-state index contributed by atoms with van der Waals surface area (Å²) in [5.41, 5.74) is 2.96. The second-order valence-electron chi connectivity index (χ2n) is 6.66. The number of allylic oxidation sites excluding steroid dienone is 1. The van der Waals surface area contributed by atoms with E-state index in [0.29, 0.717) is 27.5 Å². The zero-order valence-corrected chi connectivity index (χ0v) is 16.9. The number of carbonyl (C=O) groups is 2. The summed E-state index contributed by atoms with van der Waals surface area (Å²) in [5, 5.41) is 0. The summed E-state index contributed by atoms with van der Waals surface area (Å²) < 4.78 is 5.22. The van der Waals surface area contributed by atoms with Gasteiger partial charge in [0.25, 0.3) is 5.91 Å². The number of methoxy groups -OCH3 is 1. The van der Waals surface area contributed by atoms with E-state index in [4.69, 9.17) is 4.74 Å². The molecule has 1 amide bonds. The first-order chi connectivity index (χ1) is 14.1. The van der Waals surface area contributed by atoms with Gasteiger partial charge in [0.15, 0.2) is 0 Å². The molecule has 0 atom stereocenters. The monoisotopic (exact) mass is 401 g/mol. The molecule has 0 N–H and O–H groups in total. The average Bonchev–Trinajstić information content (AvgIpc) is 3.08. The lowest BCUT2D eigenvalue weighted by Crippen LogP contribution is -2.26. The van der Waals surface area contributed by atoms with E-state index in [1.54, 1.807) is 49.7 Å². The van der Waals surface area contributed by atoms with Crippen molar-refractivity contribution in [1.82, 2.24) is 0 Å². The van der Waals surface area contributed by atoms with Crippen molar-refractivity contribution < 1.29 is 14.3 Å². The zero-order valence-electron chi connectivity index (χ0n) is 16.1. The first-order valence-corrected chi connectivity index (χ1v) is 9.96. The maximum absolute atomic E-state index is 13.3. The third kappa shape index (κ3) is 3.82. The zero-order chi connectivity index (χ0) is 20.4. The number of hydrogen-bond donors (Lipinski definition) is 0. The third-order valence-electron chi connectivity index (χ3n) is 4.69. The minimum Gasteiger partial charge on any atom is -0.497 e. The molecule has 0 fully saturated rings. The summed E-state index contributed by atoms with van der Waals surface area (Å²) in [5.74, 6) is 0.427. The summed E-state index contributed by atoms with van der Waals surface area (Å²) in [6.07, 6.45) is 1.64. The first kappa shape index (κ1) is 19.0. The summed E-state index contributed by atoms with van der Waals surface area (Å²) >= 11 is 1.38. The molecule has 3 aromatic carbocycles. The number of nitrogens with zero attached hydrogens (tertiary/aromatic N) is 1. The molecular weight excluding hydrogens is 382 g/mol. The molecule has 144 valence electrons. The SMILES string of the molecule is COc1ccc(N(/C=C2/Sc3ccccc3C2=O)C(=O)c2ccc(C)cc2)cc1. The van der Waals surface area contributed by atoms with Crippen LogP contribution < -0.4 is 9.64 Å². The van der Waals surface area contributed by atoms with Crippen LogP contribution in [0, 0.1) is 6.92 Å². The number of carbonyl (C=O) groups excluding carboxylic acids is 2. The van der Waals surface area contributed by atoms with Crippen LogP contribution in [0.2, 0.25) is 0 Å². The molecule has 5 heteroatoms. The molecule has 3 aromatic rings. The fourth-order valence-electron chi connectivity index (χ4n) is 3.07. The van der Waals surface area contributed by atoms with Crippen molar-refractivity contribution in [2.75, 3.05) is 12.0 Å². The van der Waals surface area contributed by atoms with Crippen LogP contribution in [0.1, 0.15) is 26.3 Å². The number of aryl methyl sites for hydroxylation is 1. The second kappa shape index (κ2) is 7.97. The number of fused-ring (bicyclic) bond motifs is 1. The third-order valence-corrected chi connectivity index (χ3v) is 5.78. The Bertz CT molecular complexity index is 1100. The molecule has 0 saturated carbocycles. The smallest absolute Gasteiger partial charge is 0.262 e. The van der Waals surface area contributed by atoms with Crippen molar-refractivity contribution in [3.63, 3.8) is 0 Å². The molecule has 0 aromatic heterocycles. The number of amides is 1. The van der Waals surface area contributed by atoms with Gasteiger partial charge in [-0.3, -0.25) is 14.5 Å². The highest BCUT2D eigenvalue weighted by molar-refractivity contribution is 8.04. The maximum Gasteiger partial charge on any atom is 0.262 e. The number of ketones is 1. The molecule has 29 heavy (non-hydrogen) atoms. The van der Waals surface area contributed by atoms with Gasteiger partial charge in [-0.25, -0.2) is 0 Å². The van der Waals surface area contributed by atoms with Crippen molar-refractivity contribution >= 4 is 29.1 Å². The minimum atomic E-state index is -0.202. The Morgan fingerprint density at radius 2 is 1.66 bits per heavy atom. The average molecular weight is 401 g/mol. The van der Waals surface area contributed by atoms with Crippen molar-refractivity contribution in [2.24, 2.45) is 0 Å². The van der Waals surface area contributed by atoms with Crippen LogP contribution in [0.5, 0.6) is 5.75 Å². The fraction of sp³-hybridized carbons (Fsp3) is 0.0833. The lowest BCUT2D eigenvalue weighted by molar-refractivity contribution is 0.0997. The van der Waals surface area contributed by atoms with Crippen LogP contribution in [0.25, 0.3) is 0 Å². The van der Waals surface area contributed by atoms with E-state index in [9.17, 15) is 9.59 Å². The Morgan fingerprint density at radius 1 is 0.966 bits per heavy atom. The number of anilines is 1. The van der Waals surface area contributed by atoms with E-state index in [-0.39, 0.29) is 11.7 Å². The first-order valence-electron chi connectivity index (χ1n) is 9.14. The van der Waals surface area contributed by atoms with E-state index < -0.39 is 0 Å². The Hall–Kier alpha value is -3.31. The largest absolute Gasteiger partial charge is 0.497 e. The van der Waals surface area contributed by atoms with Crippen LogP contribution in [-0.4, -0.2) is 18.8 Å². The predicted molar refractivity (Wildman–Crippen MR) is 116 cm³/mol. The highest BCUT2D eigenvalue weighted by atomic mass is 32.2. The molecule has 0 saturated heterocycles. The van der Waals surface area contributed by atoms with Crippen molar-refractivity contribution in [3.8, 4) is 5.75 Å². The van der Waals surface area contributed by atoms with E-state index in [1.165, 1.54) is 16.7 Å². The van der Waals surface area contributed by atoms with Gasteiger partial charge in [-0.15, -0.1) is 0 Å². The lowest BCUT2D eigenvalue weighted by atomic mass is 10.1. The Balaban J connectivity index is 1.75. The van der Waals surface area contributed by atoms with E-state index in [0.717, 1.165) is 10.5 Å². The number of ether oxygens (including phenoxy) is 1. The second-order valence-corrected chi connectivity index (χ2v) is 7.74. The van der Waals surface area contributed by atoms with Gasteiger partial charge in [-0.05, 0) is 55.5 Å². The topological polar surface area (TPSA) is 46.6 Å². The molecule has 4 nitrogen and oxygen atoms in total. The standard InChI is InChI=1S/C24H19NO3S/c1-16-7-9-17(10-8-16)24(27)25(18-11-13-19(28-2)14-12-18)15-22-23(26)20-5-3-4-6-21(20)29-22/h3-15H,1-2H3/b22-15+. The highest BCUT2D eigenvalue weighted by Crippen LogP contribution is 2.40. The molecule has 0 aliphatic carbocycles. The van der Waals surface area contributed by atoms with Gasteiger partial charge >= 0.3 is 0 Å². The van der Waals surface area contributed by atoms with Gasteiger partial charge in [0.2, 0.25) is 5.78 Å². The van der Waals surface area contributed by atoms with Crippen LogP contribution >= 0.6 is 11.8 Å². The van der Waals surface area contributed by atoms with Crippen molar-refractivity contribution in [2.45, 2.75) is 11.8 Å². The van der Waals surface area contributed by atoms with Gasteiger partial charge in [0.1, 0.15) is 5.75 Å². The normalized spacial score (nSPS) is 14.0. The molecule has 0 bridgehead atoms. The fourth-order valence-corrected chi connectivity index (χ4v) is 4.09. The van der Waals surface area contributed by atoms with E-state index in [2.05, 4.69) is 0 Å². The predicted octanol–water partition coefficient (Wildman–Crippen LogP) is 5.48. The Morgan fingerprint density at radius 3 is 2.31 bits per heavy atom. The van der Waals surface area contributed by atoms with Crippen LogP contribution in [0.15, 0.2) is 88.8 Å². The Labute approximate surface area is 173 Å². The highest BCUT2D eigenvalue weighted by Gasteiger charge is 2.27. The van der Waals surface area contributed by atoms with E-state index >= 15 is 0 Å². The molecule has 0 spiro atoms. The summed E-state index contributed by atoms with van der Waals surface area (Å²) in [6, 6.07) is 22.1. The Kier molecular flexibility index (Phi) is 5.23. The van der Waals surface area contributed by atoms with E-state index in [1.807, 2.05) is 43.3 Å². The minimum absolute atomic E-state index is 0.0687.